The molecular formula is C15H20N6S2. The number of nitrogens with zero attached hydrogens (tertiary/aromatic N) is 3. The van der Waals surface area contributed by atoms with Crippen molar-refractivity contribution in [3.63, 3.8) is 0 Å². The molecule has 23 heavy (non-hydrogen) atoms. The van der Waals surface area contributed by atoms with Crippen molar-refractivity contribution >= 4 is 40.6 Å². The van der Waals surface area contributed by atoms with Gasteiger partial charge in [0, 0.05) is 36.3 Å². The Morgan fingerprint density at radius 3 is 2.65 bits per heavy atom. The number of anilines is 1. The van der Waals surface area contributed by atoms with E-state index < -0.39 is 0 Å². The third-order valence-electron chi connectivity index (χ3n) is 2.88. The first-order valence-electron chi connectivity index (χ1n) is 7.21. The van der Waals surface area contributed by atoms with E-state index in [4.69, 9.17) is 12.2 Å². The number of aryl methyl sites for hydroxylation is 2. The Hall–Kier alpha value is -2.06. The van der Waals surface area contributed by atoms with Crippen molar-refractivity contribution in [2.24, 2.45) is 4.99 Å². The van der Waals surface area contributed by atoms with Crippen molar-refractivity contribution < 1.29 is 0 Å². The molecule has 0 aromatic carbocycles. The second-order valence-electron chi connectivity index (χ2n) is 4.86. The van der Waals surface area contributed by atoms with Gasteiger partial charge < -0.3 is 10.6 Å². The van der Waals surface area contributed by atoms with E-state index >= 15 is 0 Å². The molecule has 0 aliphatic heterocycles. The van der Waals surface area contributed by atoms with Gasteiger partial charge in [-0.25, -0.2) is 9.97 Å². The summed E-state index contributed by atoms with van der Waals surface area (Å²) in [5, 5.41) is 11.5. The molecule has 0 aliphatic carbocycles. The predicted molar refractivity (Wildman–Crippen MR) is 100 cm³/mol. The van der Waals surface area contributed by atoms with Crippen molar-refractivity contribution in [2.75, 3.05) is 18.9 Å². The first kappa shape index (κ1) is 17.3. The van der Waals surface area contributed by atoms with Gasteiger partial charge in [0.15, 0.2) is 5.11 Å². The summed E-state index contributed by atoms with van der Waals surface area (Å²) in [7, 11) is 1.76. The van der Waals surface area contributed by atoms with Crippen LogP contribution >= 0.6 is 23.6 Å². The average Bonchev–Trinajstić information content (AvgIpc) is 2.99. The van der Waals surface area contributed by atoms with Crippen molar-refractivity contribution in [3.05, 3.63) is 39.8 Å². The number of thiocarbonyl (C=S) groups is 1. The SMILES string of the molecule is CNC(=S)NC(=NCCc1cccs1)Nc1nc(C)cc(C)n1. The predicted octanol–water partition coefficient (Wildman–Crippen LogP) is 2.26. The number of nitrogens with one attached hydrogen (secondary N) is 3. The normalized spacial score (nSPS) is 11.2. The van der Waals surface area contributed by atoms with Crippen LogP contribution in [0.15, 0.2) is 28.6 Å². The van der Waals surface area contributed by atoms with Crippen molar-refractivity contribution in [3.8, 4) is 0 Å². The van der Waals surface area contributed by atoms with Gasteiger partial charge in [-0.15, -0.1) is 11.3 Å². The minimum Gasteiger partial charge on any atom is -0.365 e. The van der Waals surface area contributed by atoms with Crippen LogP contribution in [0.4, 0.5) is 5.95 Å². The average molecular weight is 349 g/mol. The summed E-state index contributed by atoms with van der Waals surface area (Å²) in [6.07, 6.45) is 0.880. The van der Waals surface area contributed by atoms with Crippen LogP contribution in [0.3, 0.4) is 0 Å². The summed E-state index contributed by atoms with van der Waals surface area (Å²) in [4.78, 5) is 14.6. The zero-order valence-electron chi connectivity index (χ0n) is 13.4. The van der Waals surface area contributed by atoms with Crippen LogP contribution in [0, 0.1) is 13.8 Å². The summed E-state index contributed by atoms with van der Waals surface area (Å²) >= 11 is 6.88. The first-order chi connectivity index (χ1) is 11.1. The fourth-order valence-electron chi connectivity index (χ4n) is 1.90. The quantitative estimate of drug-likeness (QED) is 0.447. The molecule has 0 radical (unpaired) electrons. The standard InChI is InChI=1S/C15H20N6S2/c1-10-9-11(2)19-14(18-10)20-13(21-15(22)16-3)17-7-6-12-5-4-8-23-12/h4-5,8-9H,6-7H2,1-3H3,(H3,16,17,18,19,20,21,22). The number of guanidine groups is 1. The van der Waals surface area contributed by atoms with Crippen LogP contribution in [0.25, 0.3) is 0 Å². The molecule has 0 aliphatic rings. The molecule has 6 nitrogen and oxygen atoms in total. The number of aromatic nitrogens is 2. The van der Waals surface area contributed by atoms with Crippen LogP contribution in [0.1, 0.15) is 16.3 Å². The Labute approximate surface area is 145 Å². The summed E-state index contributed by atoms with van der Waals surface area (Å²) in [5.74, 6) is 1.04. The zero-order valence-corrected chi connectivity index (χ0v) is 15.0. The van der Waals surface area contributed by atoms with Gasteiger partial charge in [0.05, 0.1) is 0 Å². The molecule has 122 valence electrons. The molecule has 2 rings (SSSR count). The summed E-state index contributed by atoms with van der Waals surface area (Å²) < 4.78 is 0. The molecule has 0 atom stereocenters. The fourth-order valence-corrected chi connectivity index (χ4v) is 2.70. The lowest BCUT2D eigenvalue weighted by Gasteiger charge is -2.12. The second kappa shape index (κ2) is 8.54. The third-order valence-corrected chi connectivity index (χ3v) is 4.12. The maximum absolute atomic E-state index is 5.15. The van der Waals surface area contributed by atoms with Crippen molar-refractivity contribution in [1.29, 1.82) is 0 Å². The molecule has 2 heterocycles. The van der Waals surface area contributed by atoms with Crippen LogP contribution < -0.4 is 16.0 Å². The van der Waals surface area contributed by atoms with Crippen LogP contribution in [0.5, 0.6) is 0 Å². The van der Waals surface area contributed by atoms with Crippen molar-refractivity contribution in [1.82, 2.24) is 20.6 Å². The van der Waals surface area contributed by atoms with E-state index in [1.54, 1.807) is 18.4 Å². The molecule has 0 saturated heterocycles. The Kier molecular flexibility index (Phi) is 6.42. The van der Waals surface area contributed by atoms with Gasteiger partial charge in [-0.05, 0) is 43.6 Å². The van der Waals surface area contributed by atoms with Gasteiger partial charge in [-0.3, -0.25) is 10.3 Å². The molecule has 8 heteroatoms. The lowest BCUT2D eigenvalue weighted by atomic mass is 10.3. The van der Waals surface area contributed by atoms with E-state index in [-0.39, 0.29) is 0 Å². The number of hydrogen-bond donors (Lipinski definition) is 3. The fraction of sp³-hybridized carbons (Fsp3) is 0.333. The lowest BCUT2D eigenvalue weighted by molar-refractivity contribution is 0.969. The minimum atomic E-state index is 0.483. The monoisotopic (exact) mass is 348 g/mol. The molecular weight excluding hydrogens is 328 g/mol. The molecule has 0 spiro atoms. The van der Waals surface area contributed by atoms with Gasteiger partial charge in [-0.1, -0.05) is 6.07 Å². The number of hydrogen-bond acceptors (Lipinski definition) is 5. The lowest BCUT2D eigenvalue weighted by Crippen LogP contribution is -2.41. The van der Waals surface area contributed by atoms with Gasteiger partial charge in [0.2, 0.25) is 11.9 Å². The number of aliphatic imine (C=N–C) groups is 1. The maximum atomic E-state index is 5.15. The maximum Gasteiger partial charge on any atom is 0.229 e. The third kappa shape index (κ3) is 5.91. The molecule has 2 aromatic heterocycles. The minimum absolute atomic E-state index is 0.483. The summed E-state index contributed by atoms with van der Waals surface area (Å²) in [6.45, 7) is 4.51. The highest BCUT2D eigenvalue weighted by atomic mass is 32.1. The molecule has 0 amide bonds. The molecule has 0 fully saturated rings. The highest BCUT2D eigenvalue weighted by molar-refractivity contribution is 7.80. The molecule has 0 bridgehead atoms. The van der Waals surface area contributed by atoms with E-state index in [9.17, 15) is 0 Å². The Bertz CT molecular complexity index is 661. The topological polar surface area (TPSA) is 74.2 Å². The Morgan fingerprint density at radius 2 is 2.04 bits per heavy atom. The smallest absolute Gasteiger partial charge is 0.229 e. The van der Waals surface area contributed by atoms with E-state index in [0.29, 0.717) is 23.6 Å². The largest absolute Gasteiger partial charge is 0.365 e. The van der Waals surface area contributed by atoms with Crippen LogP contribution in [0.2, 0.25) is 0 Å². The van der Waals surface area contributed by atoms with E-state index in [2.05, 4.69) is 42.4 Å². The van der Waals surface area contributed by atoms with E-state index in [0.717, 1.165) is 17.8 Å². The van der Waals surface area contributed by atoms with Gasteiger partial charge in [0.1, 0.15) is 0 Å². The Morgan fingerprint density at radius 1 is 1.30 bits per heavy atom. The zero-order chi connectivity index (χ0) is 16.7. The van der Waals surface area contributed by atoms with Crippen LogP contribution in [-0.4, -0.2) is 34.6 Å². The number of thiophene rings is 1. The van der Waals surface area contributed by atoms with E-state index in [1.165, 1.54) is 4.88 Å². The summed E-state index contributed by atoms with van der Waals surface area (Å²) in [6, 6.07) is 6.07. The highest BCUT2D eigenvalue weighted by Crippen LogP contribution is 2.09. The second-order valence-corrected chi connectivity index (χ2v) is 6.30. The van der Waals surface area contributed by atoms with Crippen molar-refractivity contribution in [2.45, 2.75) is 20.3 Å². The number of rotatable bonds is 4. The van der Waals surface area contributed by atoms with Gasteiger partial charge in [-0.2, -0.15) is 0 Å². The van der Waals surface area contributed by atoms with Gasteiger partial charge >= 0.3 is 0 Å². The molecule has 2 aromatic rings. The van der Waals surface area contributed by atoms with Gasteiger partial charge in [0.25, 0.3) is 0 Å². The highest BCUT2D eigenvalue weighted by Gasteiger charge is 2.06. The Balaban J connectivity index is 2.07. The first-order valence-corrected chi connectivity index (χ1v) is 8.50. The molecule has 0 saturated carbocycles. The van der Waals surface area contributed by atoms with E-state index in [1.807, 2.05) is 26.0 Å². The van der Waals surface area contributed by atoms with Crippen LogP contribution in [-0.2, 0) is 6.42 Å². The molecule has 3 N–H and O–H groups in total. The molecule has 0 unspecified atom stereocenters. The summed E-state index contributed by atoms with van der Waals surface area (Å²) in [5.41, 5.74) is 1.79.